The van der Waals surface area contributed by atoms with E-state index in [-0.39, 0.29) is 29.6 Å². The van der Waals surface area contributed by atoms with Crippen LogP contribution >= 0.6 is 0 Å². The third-order valence-corrected chi connectivity index (χ3v) is 7.25. The Morgan fingerprint density at radius 1 is 0.879 bits per heavy atom. The predicted octanol–water partition coefficient (Wildman–Crippen LogP) is 4.52. The standard InChI is InChI=1S/C26H28N2O4S/c1-20(29)22-14-16-24(17-15-22)33(31,32)28(2)18-8-13-26(30)27-25-12-7-6-11-23(25)19-21-9-4-3-5-10-21/h3-7,9-12,14-17H,8,13,18-19H2,1-2H3,(H,27,30). The first-order chi connectivity index (χ1) is 15.8. The number of ketones is 1. The summed E-state index contributed by atoms with van der Waals surface area (Å²) in [6, 6.07) is 23.6. The second-order valence-corrected chi connectivity index (χ2v) is 9.92. The highest BCUT2D eigenvalue weighted by Crippen LogP contribution is 2.20. The molecule has 0 bridgehead atoms. The van der Waals surface area contributed by atoms with Crippen molar-refractivity contribution >= 4 is 27.4 Å². The maximum absolute atomic E-state index is 12.7. The average molecular weight is 465 g/mol. The van der Waals surface area contributed by atoms with Crippen LogP contribution in [0.4, 0.5) is 5.69 Å². The molecule has 0 aliphatic rings. The Labute approximate surface area is 195 Å². The number of amides is 1. The molecule has 0 aliphatic heterocycles. The quantitative estimate of drug-likeness (QED) is 0.447. The number of Topliss-reactive ketones (excluding diaryl/α,β-unsaturated/α-hetero) is 1. The Balaban J connectivity index is 1.55. The number of rotatable bonds is 10. The van der Waals surface area contributed by atoms with Gasteiger partial charge in [0.1, 0.15) is 0 Å². The first kappa shape index (κ1) is 24.4. The average Bonchev–Trinajstić information content (AvgIpc) is 2.81. The largest absolute Gasteiger partial charge is 0.326 e. The van der Waals surface area contributed by atoms with Crippen LogP contribution in [-0.2, 0) is 21.2 Å². The molecule has 0 saturated carbocycles. The Hall–Kier alpha value is -3.29. The normalized spacial score (nSPS) is 11.4. The monoisotopic (exact) mass is 464 g/mol. The molecule has 0 atom stereocenters. The number of hydrogen-bond donors (Lipinski definition) is 1. The molecule has 3 rings (SSSR count). The number of carbonyl (C=O) groups excluding carboxylic acids is 2. The van der Waals surface area contributed by atoms with Crippen LogP contribution in [-0.4, -0.2) is 38.0 Å². The van der Waals surface area contributed by atoms with Crippen LogP contribution in [0.3, 0.4) is 0 Å². The number of carbonyl (C=O) groups is 2. The van der Waals surface area contributed by atoms with Gasteiger partial charge in [-0.2, -0.15) is 0 Å². The lowest BCUT2D eigenvalue weighted by atomic mass is 10.0. The molecule has 0 saturated heterocycles. The SMILES string of the molecule is CC(=O)c1ccc(S(=O)(=O)N(C)CCCC(=O)Nc2ccccc2Cc2ccccc2)cc1. The van der Waals surface area contributed by atoms with E-state index in [1.807, 2.05) is 54.6 Å². The molecule has 7 heteroatoms. The Kier molecular flexibility index (Phi) is 8.14. The summed E-state index contributed by atoms with van der Waals surface area (Å²) in [5.74, 6) is -0.282. The van der Waals surface area contributed by atoms with E-state index in [1.165, 1.54) is 42.5 Å². The van der Waals surface area contributed by atoms with E-state index in [0.29, 0.717) is 18.4 Å². The van der Waals surface area contributed by atoms with E-state index >= 15 is 0 Å². The van der Waals surface area contributed by atoms with Crippen LogP contribution in [0.25, 0.3) is 0 Å². The van der Waals surface area contributed by atoms with Gasteiger partial charge in [-0.3, -0.25) is 9.59 Å². The van der Waals surface area contributed by atoms with Gasteiger partial charge < -0.3 is 5.32 Å². The van der Waals surface area contributed by atoms with Gasteiger partial charge in [-0.15, -0.1) is 0 Å². The van der Waals surface area contributed by atoms with Crippen molar-refractivity contribution in [2.24, 2.45) is 0 Å². The van der Waals surface area contributed by atoms with Gasteiger partial charge in [0.2, 0.25) is 15.9 Å². The molecule has 3 aromatic carbocycles. The molecular weight excluding hydrogens is 436 g/mol. The molecule has 0 fully saturated rings. The number of para-hydroxylation sites is 1. The van der Waals surface area contributed by atoms with Crippen LogP contribution in [0.1, 0.15) is 41.3 Å². The van der Waals surface area contributed by atoms with Crippen molar-refractivity contribution in [2.45, 2.75) is 31.1 Å². The minimum atomic E-state index is -3.69. The predicted molar refractivity (Wildman–Crippen MR) is 130 cm³/mol. The van der Waals surface area contributed by atoms with Crippen LogP contribution in [0, 0.1) is 0 Å². The van der Waals surface area contributed by atoms with Gasteiger partial charge in [0.05, 0.1) is 4.90 Å². The smallest absolute Gasteiger partial charge is 0.242 e. The summed E-state index contributed by atoms with van der Waals surface area (Å²) in [7, 11) is -2.20. The number of nitrogens with zero attached hydrogens (tertiary/aromatic N) is 1. The van der Waals surface area contributed by atoms with Crippen LogP contribution in [0.2, 0.25) is 0 Å². The molecule has 0 radical (unpaired) electrons. The fourth-order valence-electron chi connectivity index (χ4n) is 3.45. The highest BCUT2D eigenvalue weighted by atomic mass is 32.2. The summed E-state index contributed by atoms with van der Waals surface area (Å²) in [5, 5.41) is 2.95. The van der Waals surface area contributed by atoms with Gasteiger partial charge in [-0.05, 0) is 49.1 Å². The minimum Gasteiger partial charge on any atom is -0.326 e. The molecule has 1 amide bonds. The summed E-state index contributed by atoms with van der Waals surface area (Å²) in [6.07, 6.45) is 1.29. The fraction of sp³-hybridized carbons (Fsp3) is 0.231. The third-order valence-electron chi connectivity index (χ3n) is 5.37. The summed E-state index contributed by atoms with van der Waals surface area (Å²) in [4.78, 5) is 24.0. The zero-order valence-electron chi connectivity index (χ0n) is 18.8. The number of nitrogens with one attached hydrogen (secondary N) is 1. The third kappa shape index (κ3) is 6.60. The molecule has 33 heavy (non-hydrogen) atoms. The lowest BCUT2D eigenvalue weighted by Crippen LogP contribution is -2.28. The van der Waals surface area contributed by atoms with Crippen LogP contribution in [0.15, 0.2) is 83.8 Å². The maximum atomic E-state index is 12.7. The number of benzene rings is 3. The van der Waals surface area contributed by atoms with Gasteiger partial charge in [0.15, 0.2) is 5.78 Å². The van der Waals surface area contributed by atoms with E-state index < -0.39 is 10.0 Å². The van der Waals surface area contributed by atoms with Gasteiger partial charge in [0, 0.05) is 31.3 Å². The minimum absolute atomic E-state index is 0.120. The number of anilines is 1. The zero-order valence-corrected chi connectivity index (χ0v) is 19.6. The first-order valence-corrected chi connectivity index (χ1v) is 12.2. The van der Waals surface area contributed by atoms with E-state index in [4.69, 9.17) is 0 Å². The fourth-order valence-corrected chi connectivity index (χ4v) is 4.66. The van der Waals surface area contributed by atoms with E-state index in [9.17, 15) is 18.0 Å². The van der Waals surface area contributed by atoms with Crippen LogP contribution in [0.5, 0.6) is 0 Å². The summed E-state index contributed by atoms with van der Waals surface area (Å²) in [6.45, 7) is 1.64. The maximum Gasteiger partial charge on any atom is 0.242 e. The molecule has 0 unspecified atom stereocenters. The van der Waals surface area contributed by atoms with Crippen LogP contribution < -0.4 is 5.32 Å². The van der Waals surface area contributed by atoms with Crippen molar-refractivity contribution in [1.29, 1.82) is 0 Å². The summed E-state index contributed by atoms with van der Waals surface area (Å²) in [5.41, 5.74) is 3.40. The molecule has 0 heterocycles. The van der Waals surface area contributed by atoms with Gasteiger partial charge in [0.25, 0.3) is 0 Å². The Bertz CT molecular complexity index is 1210. The van der Waals surface area contributed by atoms with Gasteiger partial charge in [-0.1, -0.05) is 60.7 Å². The van der Waals surface area contributed by atoms with Gasteiger partial charge >= 0.3 is 0 Å². The second kappa shape index (κ2) is 11.0. The number of sulfonamides is 1. The van der Waals surface area contributed by atoms with Crippen molar-refractivity contribution in [1.82, 2.24) is 4.31 Å². The first-order valence-electron chi connectivity index (χ1n) is 10.8. The molecule has 1 N–H and O–H groups in total. The second-order valence-electron chi connectivity index (χ2n) is 7.88. The highest BCUT2D eigenvalue weighted by molar-refractivity contribution is 7.89. The van der Waals surface area contributed by atoms with E-state index in [1.54, 1.807) is 0 Å². The van der Waals surface area contributed by atoms with E-state index in [2.05, 4.69) is 5.32 Å². The lowest BCUT2D eigenvalue weighted by Gasteiger charge is -2.17. The Morgan fingerprint density at radius 3 is 2.18 bits per heavy atom. The Morgan fingerprint density at radius 2 is 1.52 bits per heavy atom. The molecule has 172 valence electrons. The molecule has 3 aromatic rings. The van der Waals surface area contributed by atoms with Crippen molar-refractivity contribution in [3.63, 3.8) is 0 Å². The topological polar surface area (TPSA) is 83.6 Å². The highest BCUT2D eigenvalue weighted by Gasteiger charge is 2.21. The van der Waals surface area contributed by atoms with Crippen molar-refractivity contribution in [3.05, 3.63) is 95.6 Å². The lowest BCUT2D eigenvalue weighted by molar-refractivity contribution is -0.116. The van der Waals surface area contributed by atoms with Crippen molar-refractivity contribution < 1.29 is 18.0 Å². The summed E-state index contributed by atoms with van der Waals surface area (Å²) < 4.78 is 26.7. The zero-order chi connectivity index (χ0) is 23.8. The van der Waals surface area contributed by atoms with Crippen molar-refractivity contribution in [3.8, 4) is 0 Å². The van der Waals surface area contributed by atoms with Crippen molar-refractivity contribution in [2.75, 3.05) is 18.9 Å². The molecule has 0 spiro atoms. The molecular formula is C26H28N2O4S. The summed E-state index contributed by atoms with van der Waals surface area (Å²) >= 11 is 0. The number of hydrogen-bond acceptors (Lipinski definition) is 4. The molecule has 0 aliphatic carbocycles. The molecule has 0 aromatic heterocycles. The van der Waals surface area contributed by atoms with Gasteiger partial charge in [-0.25, -0.2) is 12.7 Å². The van der Waals surface area contributed by atoms with E-state index in [0.717, 1.165) is 16.8 Å². The molecule has 6 nitrogen and oxygen atoms in total.